The highest BCUT2D eigenvalue weighted by Crippen LogP contribution is 2.46. The molecule has 0 spiro atoms. The van der Waals surface area contributed by atoms with Gasteiger partial charge < -0.3 is 19.6 Å². The molecule has 0 unspecified atom stereocenters. The third-order valence-electron chi connectivity index (χ3n) is 6.42. The van der Waals surface area contributed by atoms with Gasteiger partial charge in [-0.05, 0) is 25.2 Å². The first-order valence-corrected chi connectivity index (χ1v) is 10.8. The van der Waals surface area contributed by atoms with Gasteiger partial charge in [0.1, 0.15) is 17.2 Å². The van der Waals surface area contributed by atoms with E-state index in [-0.39, 0.29) is 11.5 Å². The zero-order valence-electron chi connectivity index (χ0n) is 17.9. The molecule has 3 aromatic carbocycles. The average Bonchev–Trinajstić information content (AvgIpc) is 3.25. The second-order valence-corrected chi connectivity index (χ2v) is 8.47. The van der Waals surface area contributed by atoms with Crippen molar-refractivity contribution in [2.45, 2.75) is 0 Å². The van der Waals surface area contributed by atoms with Crippen molar-refractivity contribution in [3.63, 3.8) is 0 Å². The predicted octanol–water partition coefficient (Wildman–Crippen LogP) is 4.81. The van der Waals surface area contributed by atoms with Crippen LogP contribution in [-0.4, -0.2) is 49.1 Å². The Hall–Kier alpha value is -3.78. The largest absolute Gasteiger partial charge is 0.367 e. The Morgan fingerprint density at radius 1 is 0.970 bits per heavy atom. The van der Waals surface area contributed by atoms with Crippen molar-refractivity contribution in [1.82, 2.24) is 10.1 Å². The minimum absolute atomic E-state index is 0.0843. The molecule has 6 rings (SSSR count). The van der Waals surface area contributed by atoms with Gasteiger partial charge in [0.05, 0.1) is 28.0 Å². The predicted molar refractivity (Wildman–Crippen MR) is 122 cm³/mol. The number of benzene rings is 3. The molecule has 2 heterocycles. The number of anilines is 3. The SMILES string of the molecule is CN1CCN(c2cc(Nc3ccc(F)cc3F)c3c4c(onc24)-c2ccccc2C3=O)CC1. The van der Waals surface area contributed by atoms with Crippen molar-refractivity contribution in [3.8, 4) is 11.3 Å². The Morgan fingerprint density at radius 2 is 1.73 bits per heavy atom. The first-order chi connectivity index (χ1) is 16.0. The van der Waals surface area contributed by atoms with Crippen LogP contribution in [0.4, 0.5) is 25.8 Å². The number of carbonyl (C=O) groups is 1. The lowest BCUT2D eigenvalue weighted by Crippen LogP contribution is -2.44. The topological polar surface area (TPSA) is 61.6 Å². The van der Waals surface area contributed by atoms with Crippen LogP contribution < -0.4 is 10.2 Å². The average molecular weight is 446 g/mol. The van der Waals surface area contributed by atoms with Crippen molar-refractivity contribution in [2.75, 3.05) is 43.4 Å². The molecule has 8 heteroatoms. The summed E-state index contributed by atoms with van der Waals surface area (Å²) >= 11 is 0. The summed E-state index contributed by atoms with van der Waals surface area (Å²) in [6, 6.07) is 12.4. The number of hydrogen-bond acceptors (Lipinski definition) is 6. The zero-order valence-corrected chi connectivity index (χ0v) is 17.9. The number of carbonyl (C=O) groups excluding carboxylic acids is 1. The molecule has 1 aliphatic heterocycles. The number of likely N-dealkylation sites (N-methyl/N-ethyl adjacent to an activating group) is 1. The van der Waals surface area contributed by atoms with Crippen LogP contribution in [0.5, 0.6) is 0 Å². The molecule has 0 radical (unpaired) electrons. The summed E-state index contributed by atoms with van der Waals surface area (Å²) in [5.41, 5.74) is 3.50. The van der Waals surface area contributed by atoms with Crippen molar-refractivity contribution in [2.24, 2.45) is 0 Å². The van der Waals surface area contributed by atoms with Gasteiger partial charge >= 0.3 is 0 Å². The van der Waals surface area contributed by atoms with E-state index in [1.807, 2.05) is 18.2 Å². The quantitative estimate of drug-likeness (QED) is 0.429. The molecule has 2 aliphatic rings. The number of hydrogen-bond donors (Lipinski definition) is 1. The highest BCUT2D eigenvalue weighted by molar-refractivity contribution is 6.28. The Balaban J connectivity index is 1.59. The molecule has 1 aliphatic carbocycles. The van der Waals surface area contributed by atoms with Gasteiger partial charge in [-0.15, -0.1) is 0 Å². The van der Waals surface area contributed by atoms with Crippen LogP contribution in [0.15, 0.2) is 53.1 Å². The summed E-state index contributed by atoms with van der Waals surface area (Å²) in [6.07, 6.45) is 0. The van der Waals surface area contributed by atoms with E-state index in [0.29, 0.717) is 39.0 Å². The van der Waals surface area contributed by atoms with Gasteiger partial charge in [-0.2, -0.15) is 0 Å². The highest BCUT2D eigenvalue weighted by Gasteiger charge is 2.34. The van der Waals surface area contributed by atoms with E-state index in [4.69, 9.17) is 4.52 Å². The molecule has 6 nitrogen and oxygen atoms in total. The van der Waals surface area contributed by atoms with E-state index in [2.05, 4.69) is 27.3 Å². The zero-order chi connectivity index (χ0) is 22.7. The maximum atomic E-state index is 14.5. The molecular formula is C25H20F2N4O2. The number of fused-ring (bicyclic) bond motifs is 2. The number of piperazine rings is 1. The summed E-state index contributed by atoms with van der Waals surface area (Å²) in [4.78, 5) is 18.0. The third-order valence-corrected chi connectivity index (χ3v) is 6.42. The third kappa shape index (κ3) is 3.09. The molecule has 0 atom stereocenters. The molecule has 1 fully saturated rings. The minimum Gasteiger partial charge on any atom is -0.367 e. The Kier molecular flexibility index (Phi) is 4.45. The van der Waals surface area contributed by atoms with Crippen LogP contribution in [0.3, 0.4) is 0 Å². The fraction of sp³-hybridized carbons (Fsp3) is 0.200. The van der Waals surface area contributed by atoms with E-state index in [0.717, 1.165) is 37.9 Å². The van der Waals surface area contributed by atoms with E-state index >= 15 is 0 Å². The second kappa shape index (κ2) is 7.38. The fourth-order valence-corrected chi connectivity index (χ4v) is 4.67. The number of halogens is 2. The van der Waals surface area contributed by atoms with Gasteiger partial charge in [-0.3, -0.25) is 4.79 Å². The van der Waals surface area contributed by atoms with Crippen LogP contribution >= 0.6 is 0 Å². The number of aromatic nitrogens is 1. The normalized spacial score (nSPS) is 15.7. The number of nitrogens with zero attached hydrogens (tertiary/aromatic N) is 3. The Morgan fingerprint density at radius 3 is 2.48 bits per heavy atom. The van der Waals surface area contributed by atoms with E-state index in [9.17, 15) is 13.6 Å². The molecular weight excluding hydrogens is 426 g/mol. The van der Waals surface area contributed by atoms with Crippen LogP contribution in [0.25, 0.3) is 22.2 Å². The van der Waals surface area contributed by atoms with E-state index in [1.54, 1.807) is 12.1 Å². The number of rotatable bonds is 3. The van der Waals surface area contributed by atoms with Gasteiger partial charge in [-0.25, -0.2) is 8.78 Å². The fourth-order valence-electron chi connectivity index (χ4n) is 4.67. The summed E-state index contributed by atoms with van der Waals surface area (Å²) in [6.45, 7) is 3.32. The molecule has 1 N–H and O–H groups in total. The van der Waals surface area contributed by atoms with Crippen molar-refractivity contribution in [3.05, 3.63) is 71.3 Å². The van der Waals surface area contributed by atoms with E-state index in [1.165, 1.54) is 12.1 Å². The lowest BCUT2D eigenvalue weighted by Gasteiger charge is -2.34. The maximum absolute atomic E-state index is 14.5. The summed E-state index contributed by atoms with van der Waals surface area (Å²) in [5.74, 6) is -1.08. The molecule has 33 heavy (non-hydrogen) atoms. The minimum atomic E-state index is -0.738. The lowest BCUT2D eigenvalue weighted by molar-refractivity contribution is 0.104. The van der Waals surface area contributed by atoms with Crippen LogP contribution in [-0.2, 0) is 0 Å². The van der Waals surface area contributed by atoms with Crippen molar-refractivity contribution < 1.29 is 18.1 Å². The molecule has 0 amide bonds. The first-order valence-electron chi connectivity index (χ1n) is 10.8. The summed E-state index contributed by atoms with van der Waals surface area (Å²) in [5, 5.41) is 8.01. The van der Waals surface area contributed by atoms with Crippen molar-refractivity contribution in [1.29, 1.82) is 0 Å². The van der Waals surface area contributed by atoms with Crippen LogP contribution in [0.2, 0.25) is 0 Å². The monoisotopic (exact) mass is 446 g/mol. The van der Waals surface area contributed by atoms with Gasteiger partial charge in [0, 0.05) is 43.4 Å². The highest BCUT2D eigenvalue weighted by atomic mass is 19.1. The van der Waals surface area contributed by atoms with Crippen molar-refractivity contribution >= 4 is 33.7 Å². The van der Waals surface area contributed by atoms with Gasteiger partial charge in [-0.1, -0.05) is 29.4 Å². The Bertz CT molecular complexity index is 1420. The lowest BCUT2D eigenvalue weighted by atomic mass is 9.86. The second-order valence-electron chi connectivity index (χ2n) is 8.47. The van der Waals surface area contributed by atoms with Crippen LogP contribution in [0, 0.1) is 11.6 Å². The molecule has 0 bridgehead atoms. The van der Waals surface area contributed by atoms with Gasteiger partial charge in [0.15, 0.2) is 11.5 Å². The first kappa shape index (κ1) is 19.9. The smallest absolute Gasteiger partial charge is 0.196 e. The molecule has 0 saturated carbocycles. The Labute approximate surface area is 188 Å². The summed E-state index contributed by atoms with van der Waals surface area (Å²) < 4.78 is 33.8. The standard InChI is InChI=1S/C25H20F2N4O2/c1-30-8-10-31(11-9-30)20-13-19(28-18-7-6-14(26)12-17(18)27)21-22-23(20)29-33-25(22)16-5-3-2-4-15(16)24(21)32/h2-7,12-13,28H,8-11H2,1H3. The summed E-state index contributed by atoms with van der Waals surface area (Å²) in [7, 11) is 2.07. The van der Waals surface area contributed by atoms with Gasteiger partial charge in [0.25, 0.3) is 0 Å². The molecule has 1 saturated heterocycles. The van der Waals surface area contributed by atoms with Crippen LogP contribution in [0.1, 0.15) is 15.9 Å². The molecule has 166 valence electrons. The number of ketones is 1. The molecule has 4 aromatic rings. The molecule has 1 aromatic heterocycles. The van der Waals surface area contributed by atoms with Gasteiger partial charge in [0.2, 0.25) is 0 Å². The number of nitrogens with one attached hydrogen (secondary N) is 1. The maximum Gasteiger partial charge on any atom is 0.196 e. The van der Waals surface area contributed by atoms with E-state index < -0.39 is 11.6 Å².